The molecule has 0 aliphatic carbocycles. The number of thiophene rings is 1. The zero-order valence-corrected chi connectivity index (χ0v) is 46.7. The summed E-state index contributed by atoms with van der Waals surface area (Å²) in [7, 11) is 2.94. The number of hydrogen-bond acceptors (Lipinski definition) is 17. The number of carbonyl (C=O) groups excluding carboxylic acids is 3. The summed E-state index contributed by atoms with van der Waals surface area (Å²) < 4.78 is 44.4. The quantitative estimate of drug-likeness (QED) is 0.0305. The van der Waals surface area contributed by atoms with Gasteiger partial charge < -0.3 is 38.2 Å². The molecule has 1 amide bonds. The molecule has 0 spiro atoms. The van der Waals surface area contributed by atoms with Crippen molar-refractivity contribution in [3.8, 4) is 21.9 Å². The maximum Gasteiger partial charge on any atom is 0.330 e. The number of methoxy groups -OCH3 is 2. The van der Waals surface area contributed by atoms with Crippen molar-refractivity contribution in [3.05, 3.63) is 139 Å². The predicted molar refractivity (Wildman–Crippen MR) is 298 cm³/mol. The van der Waals surface area contributed by atoms with E-state index < -0.39 is 18.1 Å². The maximum atomic E-state index is 14.4. The van der Waals surface area contributed by atoms with Crippen LogP contribution in [-0.4, -0.2) is 131 Å². The number of amides is 1. The molecule has 9 rings (SSSR count). The van der Waals surface area contributed by atoms with Crippen molar-refractivity contribution in [2.24, 2.45) is 4.99 Å². The molecule has 6 aromatic heterocycles. The van der Waals surface area contributed by atoms with Crippen molar-refractivity contribution in [3.63, 3.8) is 0 Å². The van der Waals surface area contributed by atoms with Crippen molar-refractivity contribution in [2.45, 2.75) is 72.5 Å². The van der Waals surface area contributed by atoms with Gasteiger partial charge in [-0.2, -0.15) is 0 Å². The largest absolute Gasteiger partial charge is 0.496 e. The molecule has 414 valence electrons. The number of furan rings is 1. The van der Waals surface area contributed by atoms with Crippen LogP contribution in [0.2, 0.25) is 5.02 Å². The number of aliphatic imine (C=N–C) groups is 1. The third-order valence-electron chi connectivity index (χ3n) is 13.7. The number of nitrogens with zero attached hydrogens (tertiary/aromatic N) is 8. The third-order valence-corrected chi connectivity index (χ3v) is 15.2. The van der Waals surface area contributed by atoms with E-state index in [1.165, 1.54) is 23.0 Å². The van der Waals surface area contributed by atoms with Crippen LogP contribution in [0.5, 0.6) is 5.75 Å². The zero-order chi connectivity index (χ0) is 55.7. The van der Waals surface area contributed by atoms with Gasteiger partial charge in [0.2, 0.25) is 5.91 Å². The topological polar surface area (TPSA) is 228 Å². The number of fused-ring (bicyclic) bond motifs is 6. The van der Waals surface area contributed by atoms with E-state index in [4.69, 9.17) is 54.4 Å². The number of Topliss-reactive ketones (excluding diaryl/α,β-unsaturated/α-hetero) is 1. The van der Waals surface area contributed by atoms with Crippen molar-refractivity contribution < 1.29 is 47.2 Å². The van der Waals surface area contributed by atoms with E-state index in [1.807, 2.05) is 81.7 Å². The van der Waals surface area contributed by atoms with Crippen molar-refractivity contribution in [1.29, 1.82) is 0 Å². The molecule has 8 aromatic rings. The molecule has 0 bridgehead atoms. The van der Waals surface area contributed by atoms with E-state index >= 15 is 0 Å². The monoisotopic (exact) mass is 1120 g/mol. The molecule has 7 heterocycles. The molecule has 0 radical (unpaired) electrons. The number of aryl methyl sites for hydroxylation is 3. The second-order valence-electron chi connectivity index (χ2n) is 18.9. The van der Waals surface area contributed by atoms with Gasteiger partial charge in [-0.15, -0.1) is 21.5 Å². The number of hydrogen-bond donors (Lipinski definition) is 1. The van der Waals surface area contributed by atoms with Crippen LogP contribution in [-0.2, 0) is 39.8 Å². The first-order valence-corrected chi connectivity index (χ1v) is 27.1. The lowest BCUT2D eigenvalue weighted by atomic mass is 9.98. The first-order chi connectivity index (χ1) is 38.3. The summed E-state index contributed by atoms with van der Waals surface area (Å²) >= 11 is 7.61. The number of aromatic nitrogens is 7. The molecule has 1 aliphatic heterocycles. The van der Waals surface area contributed by atoms with E-state index in [-0.39, 0.29) is 49.9 Å². The highest BCUT2D eigenvalue weighted by atomic mass is 35.5. The fourth-order valence-electron chi connectivity index (χ4n) is 9.78. The van der Waals surface area contributed by atoms with Crippen molar-refractivity contribution in [1.82, 2.24) is 39.2 Å². The molecule has 1 aliphatic rings. The second-order valence-corrected chi connectivity index (χ2v) is 20.3. The molecule has 20 nitrogen and oxygen atoms in total. The van der Waals surface area contributed by atoms with Gasteiger partial charge in [0, 0.05) is 58.4 Å². The zero-order valence-electron chi connectivity index (χ0n) is 45.1. The van der Waals surface area contributed by atoms with Gasteiger partial charge in [-0.1, -0.05) is 29.8 Å². The van der Waals surface area contributed by atoms with Crippen LogP contribution < -0.4 is 15.7 Å². The minimum Gasteiger partial charge on any atom is -0.496 e. The van der Waals surface area contributed by atoms with Crippen molar-refractivity contribution >= 4 is 68.2 Å². The summed E-state index contributed by atoms with van der Waals surface area (Å²) in [6, 6.07) is 15.6. The normalized spacial score (nSPS) is 13.5. The summed E-state index contributed by atoms with van der Waals surface area (Å²) in [4.78, 5) is 69.0. The molecule has 2 aromatic carbocycles. The highest BCUT2D eigenvalue weighted by Crippen LogP contribution is 2.42. The standard InChI is InChI=1S/C57H62ClN9O11S/c1-33-32-78-36(4)50(33)41-27-43-40(28-47(41)72-6)53-45(30-61-43)65(57(71)66(53)35(3)42-11-8-9-17-59-42)31-48(69)60-18-20-75-22-24-77-26-25-76-23-21-74-19-10-12-46(68)54-34(2)51-52(38-13-15-39(58)16-14-38)62-44(29-49(70)73-7)55-64-63-37(5)67(55)56(51)79-54/h8-9,11,13-17,27-28,30,32,35,44H,10,12,18-26,29,31H2,1-7H3,(H,60,69). The Morgan fingerprint density at radius 3 is 2.27 bits per heavy atom. The number of benzene rings is 2. The molecule has 2 atom stereocenters. The Hall–Kier alpha value is -7.40. The van der Waals surface area contributed by atoms with Crippen LogP contribution in [0.4, 0.5) is 0 Å². The average molecular weight is 1120 g/mol. The van der Waals surface area contributed by atoms with E-state index in [9.17, 15) is 19.2 Å². The highest BCUT2D eigenvalue weighted by Gasteiger charge is 2.34. The van der Waals surface area contributed by atoms with E-state index in [0.29, 0.717) is 113 Å². The number of rotatable bonds is 26. The van der Waals surface area contributed by atoms with Gasteiger partial charge >= 0.3 is 11.7 Å². The molecule has 0 fully saturated rings. The highest BCUT2D eigenvalue weighted by molar-refractivity contribution is 7.17. The van der Waals surface area contributed by atoms with Crippen LogP contribution in [0.25, 0.3) is 38.1 Å². The maximum absolute atomic E-state index is 14.4. The Balaban J connectivity index is 0.694. The number of nitrogens with one attached hydrogen (secondary N) is 1. The molecular weight excluding hydrogens is 1050 g/mol. The number of halogens is 1. The molecule has 22 heteroatoms. The van der Waals surface area contributed by atoms with Crippen LogP contribution in [0.1, 0.15) is 93.3 Å². The van der Waals surface area contributed by atoms with E-state index in [1.54, 1.807) is 42.5 Å². The Bertz CT molecular complexity index is 3570. The van der Waals surface area contributed by atoms with Crippen molar-refractivity contribution in [2.75, 3.05) is 73.6 Å². The fourth-order valence-corrected chi connectivity index (χ4v) is 11.2. The van der Waals surface area contributed by atoms with Crippen LogP contribution in [0.3, 0.4) is 0 Å². The minimum absolute atomic E-state index is 0.0163. The van der Waals surface area contributed by atoms with Gasteiger partial charge in [-0.05, 0) is 88.6 Å². The Morgan fingerprint density at radius 1 is 0.873 bits per heavy atom. The first kappa shape index (κ1) is 56.3. The Labute approximate surface area is 464 Å². The smallest absolute Gasteiger partial charge is 0.330 e. The second kappa shape index (κ2) is 25.6. The summed E-state index contributed by atoms with van der Waals surface area (Å²) in [6.45, 7) is 12.2. The first-order valence-electron chi connectivity index (χ1n) is 25.9. The van der Waals surface area contributed by atoms with E-state index in [2.05, 4.69) is 20.5 Å². The third kappa shape index (κ3) is 12.3. The molecule has 79 heavy (non-hydrogen) atoms. The summed E-state index contributed by atoms with van der Waals surface area (Å²) in [5, 5.41) is 13.6. The molecule has 1 N–H and O–H groups in total. The Kier molecular flexibility index (Phi) is 18.2. The number of pyridine rings is 2. The summed E-state index contributed by atoms with van der Waals surface area (Å²) in [6.07, 6.45) is 5.79. The lowest BCUT2D eigenvalue weighted by Gasteiger charge is -2.15. The van der Waals surface area contributed by atoms with Crippen LogP contribution in [0, 0.1) is 27.7 Å². The minimum atomic E-state index is -0.663. The number of ether oxygens (including phenoxy) is 6. The number of carbonyl (C=O) groups is 3. The lowest BCUT2D eigenvalue weighted by molar-refractivity contribution is -0.141. The SMILES string of the molecule is COC(=O)CC1N=C(c2ccc(Cl)cc2)c2c(sc(C(=O)CCCOCCOCCOCCOCCNC(=O)Cn3c(=O)n(C(C)c4ccccn4)c4c5cc(OC)c(-c6c(C)coc6C)cc5ncc43)c2C)-n2c(C)nnc21. The lowest BCUT2D eigenvalue weighted by Crippen LogP contribution is -2.35. The number of esters is 1. The summed E-state index contributed by atoms with van der Waals surface area (Å²) in [5.41, 5.74) is 7.72. The number of imidazole rings is 1. The van der Waals surface area contributed by atoms with Crippen LogP contribution >= 0.6 is 22.9 Å². The van der Waals surface area contributed by atoms with Gasteiger partial charge in [0.1, 0.15) is 34.9 Å². The van der Waals surface area contributed by atoms with Gasteiger partial charge in [0.05, 0.1) is 118 Å². The Morgan fingerprint density at radius 2 is 1.59 bits per heavy atom. The molecule has 0 saturated carbocycles. The van der Waals surface area contributed by atoms with Gasteiger partial charge in [-0.25, -0.2) is 4.79 Å². The van der Waals surface area contributed by atoms with Gasteiger partial charge in [0.15, 0.2) is 11.6 Å². The van der Waals surface area contributed by atoms with Crippen LogP contribution in [0.15, 0.2) is 87.5 Å². The fraction of sp³-hybridized carbons (Fsp3) is 0.386. The molecular formula is C57H62ClN9O11S. The average Bonchev–Trinajstić information content (AvgIpc) is 4.22. The summed E-state index contributed by atoms with van der Waals surface area (Å²) in [5.74, 6) is 1.63. The molecule has 0 saturated heterocycles. The predicted octanol–water partition coefficient (Wildman–Crippen LogP) is 8.45. The van der Waals surface area contributed by atoms with Gasteiger partial charge in [0.25, 0.3) is 0 Å². The van der Waals surface area contributed by atoms with E-state index in [0.717, 1.165) is 44.1 Å². The van der Waals surface area contributed by atoms with Gasteiger partial charge in [-0.3, -0.25) is 43.0 Å². The number of ketones is 1. The molecule has 2 unspecified atom stereocenters.